The molecule has 0 spiro atoms. The van der Waals surface area contributed by atoms with Crippen molar-refractivity contribution in [3.8, 4) is 22.3 Å². The number of rotatable bonds is 9. The number of anilines is 6. The molecule has 0 unspecified atom stereocenters. The molecule has 0 atom stereocenters. The van der Waals surface area contributed by atoms with Crippen molar-refractivity contribution in [2.75, 3.05) is 9.80 Å². The predicted molar refractivity (Wildman–Crippen MR) is 254 cm³/mol. The van der Waals surface area contributed by atoms with Crippen LogP contribution in [-0.4, -0.2) is 0 Å². The summed E-state index contributed by atoms with van der Waals surface area (Å²) < 4.78 is 6.36. The molecule has 3 heteroatoms. The monoisotopic (exact) mass is 788 g/mol. The third kappa shape index (κ3) is 6.42. The lowest BCUT2D eigenvalue weighted by molar-refractivity contribution is -0.00516. The molecule has 0 N–H and O–H groups in total. The summed E-state index contributed by atoms with van der Waals surface area (Å²) in [7, 11) is 0. The van der Waals surface area contributed by atoms with Gasteiger partial charge in [0.1, 0.15) is 11.2 Å². The van der Waals surface area contributed by atoms with Crippen molar-refractivity contribution < 1.29 is 4.42 Å². The van der Waals surface area contributed by atoms with Crippen molar-refractivity contribution >= 4 is 56.1 Å². The van der Waals surface area contributed by atoms with Gasteiger partial charge in [-0.1, -0.05) is 115 Å². The van der Waals surface area contributed by atoms with Crippen molar-refractivity contribution in [1.82, 2.24) is 0 Å². The summed E-state index contributed by atoms with van der Waals surface area (Å²) in [5, 5.41) is 2.26. The van der Waals surface area contributed by atoms with Crippen LogP contribution in [0.5, 0.6) is 0 Å². The third-order valence-corrected chi connectivity index (χ3v) is 14.2. The van der Waals surface area contributed by atoms with Gasteiger partial charge < -0.3 is 14.2 Å². The van der Waals surface area contributed by atoms with E-state index in [2.05, 4.69) is 198 Å². The standard InChI is InChI=1S/C58H48N2O/c1-4-13-44(14-5-1)54-35-46(58-37-40-31-41(38-58)33-42(32-40)39-58)25-30-55(54)60(48-18-8-3-9-19-48)49-26-23-43(24-27-49)45-15-12-20-50(34-45)59(47-16-6-2-7-17-47)51-28-29-53-52-21-10-11-22-56(52)61-57(53)36-51/h1-30,34-36,40-42H,31-33,37-39H2. The number of hydrogen-bond acceptors (Lipinski definition) is 3. The lowest BCUT2D eigenvalue weighted by Gasteiger charge is -2.57. The van der Waals surface area contributed by atoms with Gasteiger partial charge in [-0.25, -0.2) is 0 Å². The van der Waals surface area contributed by atoms with Crippen molar-refractivity contribution in [2.45, 2.75) is 43.9 Å². The van der Waals surface area contributed by atoms with Gasteiger partial charge in [0.15, 0.2) is 0 Å². The number of furan rings is 1. The molecule has 9 aromatic rings. The Labute approximate surface area is 358 Å². The fraction of sp³-hybridized carbons (Fsp3) is 0.172. The molecule has 1 aromatic heterocycles. The van der Waals surface area contributed by atoms with Crippen LogP contribution in [-0.2, 0) is 5.41 Å². The highest BCUT2D eigenvalue weighted by molar-refractivity contribution is 6.06. The van der Waals surface area contributed by atoms with Gasteiger partial charge in [0.25, 0.3) is 0 Å². The number of para-hydroxylation sites is 3. The lowest BCUT2D eigenvalue weighted by Crippen LogP contribution is -2.48. The normalized spacial score (nSPS) is 20.3. The number of nitrogens with zero attached hydrogens (tertiary/aromatic N) is 2. The molecule has 4 bridgehead atoms. The molecule has 4 saturated carbocycles. The van der Waals surface area contributed by atoms with Gasteiger partial charge >= 0.3 is 0 Å². The molecule has 4 aliphatic rings. The molecule has 0 aliphatic heterocycles. The maximum Gasteiger partial charge on any atom is 0.137 e. The van der Waals surface area contributed by atoms with Gasteiger partial charge in [-0.15, -0.1) is 0 Å². The average Bonchev–Trinajstić information content (AvgIpc) is 3.68. The maximum absolute atomic E-state index is 6.36. The molecular formula is C58H48N2O. The second kappa shape index (κ2) is 14.7. The fourth-order valence-electron chi connectivity index (χ4n) is 11.9. The Balaban J connectivity index is 0.928. The Hall–Kier alpha value is -6.84. The summed E-state index contributed by atoms with van der Waals surface area (Å²) in [6.07, 6.45) is 8.44. The first kappa shape index (κ1) is 36.0. The zero-order valence-electron chi connectivity index (χ0n) is 34.3. The van der Waals surface area contributed by atoms with Crippen LogP contribution in [0, 0.1) is 17.8 Å². The van der Waals surface area contributed by atoms with Crippen LogP contribution in [0.4, 0.5) is 34.1 Å². The molecule has 8 aromatic carbocycles. The van der Waals surface area contributed by atoms with E-state index in [4.69, 9.17) is 4.42 Å². The lowest BCUT2D eigenvalue weighted by atomic mass is 9.48. The number of benzene rings is 8. The van der Waals surface area contributed by atoms with E-state index in [1.54, 1.807) is 5.56 Å². The Morgan fingerprint density at radius 1 is 0.377 bits per heavy atom. The topological polar surface area (TPSA) is 19.6 Å². The second-order valence-electron chi connectivity index (χ2n) is 18.0. The molecule has 4 aliphatic carbocycles. The van der Waals surface area contributed by atoms with E-state index in [0.717, 1.165) is 73.7 Å². The number of fused-ring (bicyclic) bond motifs is 3. The van der Waals surface area contributed by atoms with Crippen LogP contribution in [0.15, 0.2) is 205 Å². The van der Waals surface area contributed by atoms with E-state index < -0.39 is 0 Å². The highest BCUT2D eigenvalue weighted by Crippen LogP contribution is 2.61. The Morgan fingerprint density at radius 2 is 0.918 bits per heavy atom. The number of hydrogen-bond donors (Lipinski definition) is 0. The zero-order chi connectivity index (χ0) is 40.3. The van der Waals surface area contributed by atoms with Crippen LogP contribution in [0.1, 0.15) is 44.1 Å². The summed E-state index contributed by atoms with van der Waals surface area (Å²) in [6.45, 7) is 0. The van der Waals surface area contributed by atoms with E-state index in [9.17, 15) is 0 Å². The smallest absolute Gasteiger partial charge is 0.137 e. The van der Waals surface area contributed by atoms with Gasteiger partial charge in [0.05, 0.1) is 5.69 Å². The van der Waals surface area contributed by atoms with E-state index in [1.165, 1.54) is 60.9 Å². The molecule has 4 fully saturated rings. The molecule has 13 rings (SSSR count). The minimum atomic E-state index is 0.320. The third-order valence-electron chi connectivity index (χ3n) is 14.2. The zero-order valence-corrected chi connectivity index (χ0v) is 34.3. The molecule has 3 nitrogen and oxygen atoms in total. The molecule has 0 radical (unpaired) electrons. The fourth-order valence-corrected chi connectivity index (χ4v) is 11.9. The van der Waals surface area contributed by atoms with Crippen LogP contribution in [0.3, 0.4) is 0 Å². The summed E-state index contributed by atoms with van der Waals surface area (Å²) >= 11 is 0. The SMILES string of the molecule is c1ccc(-c2cc(C34CC5CC(CC(C5)C3)C4)ccc2N(c2ccccc2)c2ccc(-c3cccc(N(c4ccccc4)c4ccc5c(c4)oc4ccccc45)c3)cc2)cc1. The molecule has 61 heavy (non-hydrogen) atoms. The summed E-state index contributed by atoms with van der Waals surface area (Å²) in [5.74, 6) is 2.71. The quantitative estimate of drug-likeness (QED) is 0.145. The average molecular weight is 789 g/mol. The van der Waals surface area contributed by atoms with Gasteiger partial charge in [0.2, 0.25) is 0 Å². The largest absolute Gasteiger partial charge is 0.456 e. The van der Waals surface area contributed by atoms with Gasteiger partial charge in [0, 0.05) is 50.8 Å². The van der Waals surface area contributed by atoms with Crippen molar-refractivity contribution in [2.24, 2.45) is 17.8 Å². The summed E-state index contributed by atoms with van der Waals surface area (Å²) in [4.78, 5) is 4.77. The van der Waals surface area contributed by atoms with Gasteiger partial charge in [-0.3, -0.25) is 0 Å². The Bertz CT molecular complexity index is 2970. The molecule has 1 heterocycles. The van der Waals surface area contributed by atoms with Crippen molar-refractivity contribution in [3.05, 3.63) is 206 Å². The Kier molecular flexibility index (Phi) is 8.69. The van der Waals surface area contributed by atoms with Crippen LogP contribution in [0.2, 0.25) is 0 Å². The first-order valence-electron chi connectivity index (χ1n) is 22.2. The van der Waals surface area contributed by atoms with Gasteiger partial charge in [-0.05, 0) is 163 Å². The van der Waals surface area contributed by atoms with Crippen LogP contribution < -0.4 is 9.80 Å². The summed E-state index contributed by atoms with van der Waals surface area (Å²) in [5.41, 5.74) is 15.3. The molecule has 0 saturated heterocycles. The molecule has 296 valence electrons. The van der Waals surface area contributed by atoms with Gasteiger partial charge in [-0.2, -0.15) is 0 Å². The first-order valence-corrected chi connectivity index (χ1v) is 22.2. The second-order valence-corrected chi connectivity index (χ2v) is 18.0. The van der Waals surface area contributed by atoms with E-state index in [-0.39, 0.29) is 0 Å². The first-order chi connectivity index (χ1) is 30.1. The van der Waals surface area contributed by atoms with E-state index in [0.29, 0.717) is 5.41 Å². The van der Waals surface area contributed by atoms with Crippen molar-refractivity contribution in [1.29, 1.82) is 0 Å². The van der Waals surface area contributed by atoms with E-state index in [1.807, 2.05) is 12.1 Å². The minimum Gasteiger partial charge on any atom is -0.456 e. The summed E-state index contributed by atoms with van der Waals surface area (Å²) in [6, 6.07) is 72.9. The highest BCUT2D eigenvalue weighted by Gasteiger charge is 2.51. The predicted octanol–water partition coefficient (Wildman–Crippen LogP) is 16.3. The minimum absolute atomic E-state index is 0.320. The highest BCUT2D eigenvalue weighted by atomic mass is 16.3. The van der Waals surface area contributed by atoms with Crippen LogP contribution in [0.25, 0.3) is 44.2 Å². The van der Waals surface area contributed by atoms with Crippen LogP contribution >= 0.6 is 0 Å². The van der Waals surface area contributed by atoms with E-state index >= 15 is 0 Å². The Morgan fingerprint density at radius 3 is 1.62 bits per heavy atom. The molecular weight excluding hydrogens is 741 g/mol. The molecule has 0 amide bonds. The van der Waals surface area contributed by atoms with Crippen molar-refractivity contribution in [3.63, 3.8) is 0 Å². The maximum atomic E-state index is 6.36.